The number of fused-ring (bicyclic) bond motifs is 3. The van der Waals surface area contributed by atoms with Crippen LogP contribution < -0.4 is 5.32 Å². The zero-order valence-electron chi connectivity index (χ0n) is 12.5. The average Bonchev–Trinajstić information content (AvgIpc) is 2.90. The van der Waals surface area contributed by atoms with Crippen LogP contribution in [0.5, 0.6) is 0 Å². The molecule has 5 nitrogen and oxygen atoms in total. The van der Waals surface area contributed by atoms with Crippen LogP contribution in [0.15, 0.2) is 0 Å². The first-order chi connectivity index (χ1) is 9.49. The van der Waals surface area contributed by atoms with Crippen molar-refractivity contribution in [1.82, 2.24) is 20.0 Å². The molecule has 20 heavy (non-hydrogen) atoms. The average molecular weight is 289 g/mol. The smallest absolute Gasteiger partial charge is 0.166 e. The molecule has 0 aliphatic carbocycles. The van der Waals surface area contributed by atoms with Gasteiger partial charge < -0.3 is 5.32 Å². The van der Waals surface area contributed by atoms with Crippen molar-refractivity contribution in [2.75, 3.05) is 11.9 Å². The monoisotopic (exact) mass is 289 g/mol. The second-order valence-electron chi connectivity index (χ2n) is 5.62. The number of thiophene rings is 1. The molecule has 0 radical (unpaired) electrons. The molecule has 0 saturated carbocycles. The van der Waals surface area contributed by atoms with Crippen molar-refractivity contribution in [3.05, 3.63) is 11.3 Å². The van der Waals surface area contributed by atoms with Crippen molar-refractivity contribution < 1.29 is 0 Å². The van der Waals surface area contributed by atoms with E-state index in [1.165, 1.54) is 15.6 Å². The van der Waals surface area contributed by atoms with E-state index in [1.807, 2.05) is 18.7 Å². The highest BCUT2D eigenvalue weighted by Crippen LogP contribution is 2.38. The maximum atomic E-state index is 4.61. The van der Waals surface area contributed by atoms with Crippen LogP contribution in [0.1, 0.15) is 25.1 Å². The Labute approximate surface area is 122 Å². The standard InChI is InChI=1S/C14H19N5S/c1-7(2)6-15-13-12-11(19(5)18-13)10-8(3)9(4)16-17-14(10)20-12/h7H,6H2,1-5H3,(H,15,18). The minimum Gasteiger partial charge on any atom is -0.367 e. The first-order valence-corrected chi connectivity index (χ1v) is 7.63. The molecular weight excluding hydrogens is 270 g/mol. The molecule has 0 aliphatic heterocycles. The van der Waals surface area contributed by atoms with E-state index in [0.29, 0.717) is 5.92 Å². The molecule has 0 aromatic carbocycles. The minimum absolute atomic E-state index is 0.588. The molecule has 3 heterocycles. The lowest BCUT2D eigenvalue weighted by atomic mass is 10.1. The van der Waals surface area contributed by atoms with Gasteiger partial charge in [0.1, 0.15) is 4.83 Å². The van der Waals surface area contributed by atoms with Gasteiger partial charge in [-0.25, -0.2) is 0 Å². The van der Waals surface area contributed by atoms with E-state index in [1.54, 1.807) is 11.3 Å². The zero-order valence-corrected chi connectivity index (χ0v) is 13.3. The van der Waals surface area contributed by atoms with E-state index in [-0.39, 0.29) is 0 Å². The highest BCUT2D eigenvalue weighted by molar-refractivity contribution is 7.26. The molecule has 0 amide bonds. The van der Waals surface area contributed by atoms with Gasteiger partial charge in [-0.1, -0.05) is 13.8 Å². The summed E-state index contributed by atoms with van der Waals surface area (Å²) in [5, 5.41) is 17.8. The number of hydrogen-bond acceptors (Lipinski definition) is 5. The third kappa shape index (κ3) is 1.95. The van der Waals surface area contributed by atoms with Gasteiger partial charge in [-0.2, -0.15) is 10.2 Å². The Morgan fingerprint density at radius 1 is 1.25 bits per heavy atom. The van der Waals surface area contributed by atoms with Crippen molar-refractivity contribution in [3.63, 3.8) is 0 Å². The number of aromatic nitrogens is 4. The molecule has 3 aromatic heterocycles. The Balaban J connectivity index is 2.24. The van der Waals surface area contributed by atoms with Crippen molar-refractivity contribution in [3.8, 4) is 0 Å². The predicted molar refractivity (Wildman–Crippen MR) is 84.5 cm³/mol. The molecule has 3 aromatic rings. The van der Waals surface area contributed by atoms with E-state index in [0.717, 1.165) is 28.4 Å². The molecule has 0 saturated heterocycles. The van der Waals surface area contributed by atoms with Crippen LogP contribution >= 0.6 is 11.3 Å². The summed E-state index contributed by atoms with van der Waals surface area (Å²) in [6.45, 7) is 9.41. The topological polar surface area (TPSA) is 55.6 Å². The number of anilines is 1. The molecule has 106 valence electrons. The Morgan fingerprint density at radius 2 is 2.00 bits per heavy atom. The number of nitrogens with one attached hydrogen (secondary N) is 1. The van der Waals surface area contributed by atoms with Crippen molar-refractivity contribution in [2.45, 2.75) is 27.7 Å². The van der Waals surface area contributed by atoms with Gasteiger partial charge in [-0.05, 0) is 25.3 Å². The number of nitrogens with zero attached hydrogens (tertiary/aromatic N) is 4. The molecule has 0 spiro atoms. The van der Waals surface area contributed by atoms with E-state index in [4.69, 9.17) is 0 Å². The van der Waals surface area contributed by atoms with E-state index < -0.39 is 0 Å². The SMILES string of the molecule is Cc1nnc2sc3c(NCC(C)C)nn(C)c3c2c1C. The normalized spacial score (nSPS) is 11.9. The predicted octanol–water partition coefficient (Wildman–Crippen LogP) is 3.26. The Kier molecular flexibility index (Phi) is 3.12. The number of hydrogen-bond donors (Lipinski definition) is 1. The second kappa shape index (κ2) is 4.70. The van der Waals surface area contributed by atoms with Crippen molar-refractivity contribution >= 4 is 37.6 Å². The Hall–Kier alpha value is -1.69. The lowest BCUT2D eigenvalue weighted by Gasteiger charge is -2.05. The maximum absolute atomic E-state index is 4.61. The lowest BCUT2D eigenvalue weighted by molar-refractivity contribution is 0.684. The van der Waals surface area contributed by atoms with Crippen molar-refractivity contribution in [1.29, 1.82) is 0 Å². The largest absolute Gasteiger partial charge is 0.367 e. The first kappa shape index (κ1) is 13.3. The fraction of sp³-hybridized carbons (Fsp3) is 0.500. The van der Waals surface area contributed by atoms with Crippen LogP contribution in [0, 0.1) is 19.8 Å². The molecule has 0 bridgehead atoms. The van der Waals surface area contributed by atoms with Gasteiger partial charge in [0.05, 0.1) is 15.9 Å². The molecule has 1 N–H and O–H groups in total. The van der Waals surface area contributed by atoms with E-state index in [9.17, 15) is 0 Å². The number of rotatable bonds is 3. The fourth-order valence-electron chi connectivity index (χ4n) is 2.33. The Bertz CT molecular complexity index is 784. The van der Waals surface area contributed by atoms with Crippen LogP contribution in [-0.4, -0.2) is 26.5 Å². The molecule has 0 aliphatic rings. The summed E-state index contributed by atoms with van der Waals surface area (Å²) < 4.78 is 3.12. The van der Waals surface area contributed by atoms with Gasteiger partial charge in [0, 0.05) is 19.0 Å². The van der Waals surface area contributed by atoms with Crippen LogP contribution in [0.4, 0.5) is 5.82 Å². The van der Waals surface area contributed by atoms with E-state index in [2.05, 4.69) is 41.4 Å². The van der Waals surface area contributed by atoms with Gasteiger partial charge in [0.2, 0.25) is 0 Å². The van der Waals surface area contributed by atoms with Crippen LogP contribution in [0.3, 0.4) is 0 Å². The maximum Gasteiger partial charge on any atom is 0.166 e. The zero-order chi connectivity index (χ0) is 14.4. The van der Waals surface area contributed by atoms with Crippen molar-refractivity contribution in [2.24, 2.45) is 13.0 Å². The van der Waals surface area contributed by atoms with E-state index >= 15 is 0 Å². The molecule has 6 heteroatoms. The Morgan fingerprint density at radius 3 is 2.70 bits per heavy atom. The second-order valence-corrected chi connectivity index (χ2v) is 6.62. The molecule has 0 atom stereocenters. The summed E-state index contributed by atoms with van der Waals surface area (Å²) in [4.78, 5) is 0.990. The molecule has 3 rings (SSSR count). The molecule has 0 unspecified atom stereocenters. The van der Waals surface area contributed by atoms with Crippen LogP contribution in [-0.2, 0) is 7.05 Å². The van der Waals surface area contributed by atoms with Crippen LogP contribution in [0.2, 0.25) is 0 Å². The highest BCUT2D eigenvalue weighted by atomic mass is 32.1. The summed E-state index contributed by atoms with van der Waals surface area (Å²) in [7, 11) is 1.99. The summed E-state index contributed by atoms with van der Waals surface area (Å²) in [5.41, 5.74) is 3.33. The van der Waals surface area contributed by atoms with Gasteiger partial charge >= 0.3 is 0 Å². The van der Waals surface area contributed by atoms with Gasteiger partial charge in [0.25, 0.3) is 0 Å². The summed E-state index contributed by atoms with van der Waals surface area (Å²) in [6, 6.07) is 0. The first-order valence-electron chi connectivity index (χ1n) is 6.82. The third-order valence-electron chi connectivity index (χ3n) is 3.54. The fourth-order valence-corrected chi connectivity index (χ4v) is 3.49. The summed E-state index contributed by atoms with van der Waals surface area (Å²) in [6.07, 6.45) is 0. The van der Waals surface area contributed by atoms with Gasteiger partial charge in [0.15, 0.2) is 5.82 Å². The third-order valence-corrected chi connectivity index (χ3v) is 4.61. The summed E-state index contributed by atoms with van der Waals surface area (Å²) in [5.74, 6) is 1.54. The molecule has 0 fully saturated rings. The summed E-state index contributed by atoms with van der Waals surface area (Å²) >= 11 is 1.66. The van der Waals surface area contributed by atoms with Gasteiger partial charge in [-0.3, -0.25) is 4.68 Å². The molecular formula is C14H19N5S. The van der Waals surface area contributed by atoms with Gasteiger partial charge in [-0.15, -0.1) is 16.4 Å². The van der Waals surface area contributed by atoms with Crippen LogP contribution in [0.25, 0.3) is 20.4 Å². The quantitative estimate of drug-likeness (QED) is 0.804. The lowest BCUT2D eigenvalue weighted by Crippen LogP contribution is -2.08. The number of aryl methyl sites for hydroxylation is 3. The highest BCUT2D eigenvalue weighted by Gasteiger charge is 2.18. The minimum atomic E-state index is 0.588.